The lowest BCUT2D eigenvalue weighted by molar-refractivity contribution is -0.147. The summed E-state index contributed by atoms with van der Waals surface area (Å²) in [6, 6.07) is 3.14. The number of hydrogen-bond donors (Lipinski definition) is 1. The van der Waals surface area contributed by atoms with Gasteiger partial charge in [-0.1, -0.05) is 17.7 Å². The maximum absolute atomic E-state index is 12.9. The molecule has 1 aromatic carbocycles. The summed E-state index contributed by atoms with van der Waals surface area (Å²) in [5, 5.41) is -0.233. The Balaban J connectivity index is 2.52. The predicted molar refractivity (Wildman–Crippen MR) is 56.5 cm³/mol. The van der Waals surface area contributed by atoms with Gasteiger partial charge in [-0.25, -0.2) is 8.78 Å². The number of nitrogens with two attached hydrogens (primary N) is 1. The summed E-state index contributed by atoms with van der Waals surface area (Å²) in [7, 11) is 0. The Kier molecular flexibility index (Phi) is 2.86. The first kappa shape index (κ1) is 13.5. The van der Waals surface area contributed by atoms with Gasteiger partial charge < -0.3 is 5.73 Å². The van der Waals surface area contributed by atoms with Crippen LogP contribution in [-0.4, -0.2) is 5.92 Å². The minimum Gasteiger partial charge on any atom is -0.321 e. The van der Waals surface area contributed by atoms with Gasteiger partial charge in [0.2, 0.25) is 0 Å². The van der Waals surface area contributed by atoms with Crippen LogP contribution in [0.5, 0.6) is 0 Å². The third-order valence-corrected chi connectivity index (χ3v) is 3.28. The van der Waals surface area contributed by atoms with Gasteiger partial charge in [0.05, 0.1) is 11.1 Å². The van der Waals surface area contributed by atoms with E-state index in [4.69, 9.17) is 17.3 Å². The average molecular weight is 286 g/mol. The van der Waals surface area contributed by atoms with Crippen molar-refractivity contribution in [2.75, 3.05) is 0 Å². The van der Waals surface area contributed by atoms with Crippen LogP contribution < -0.4 is 5.73 Å². The van der Waals surface area contributed by atoms with E-state index in [2.05, 4.69) is 0 Å². The molecule has 0 atom stereocenters. The van der Waals surface area contributed by atoms with Crippen LogP contribution >= 0.6 is 11.6 Å². The second kappa shape index (κ2) is 3.81. The van der Waals surface area contributed by atoms with Crippen LogP contribution in [0.1, 0.15) is 24.0 Å². The smallest absolute Gasteiger partial charge is 0.321 e. The quantitative estimate of drug-likeness (QED) is 0.777. The summed E-state index contributed by atoms with van der Waals surface area (Å²) < 4.78 is 64.2. The van der Waals surface area contributed by atoms with Gasteiger partial charge in [0, 0.05) is 23.4 Å². The molecule has 0 heterocycles. The Bertz CT molecular complexity index is 475. The van der Waals surface area contributed by atoms with Crippen molar-refractivity contribution in [2.24, 2.45) is 5.73 Å². The van der Waals surface area contributed by atoms with Crippen LogP contribution in [0, 0.1) is 0 Å². The average Bonchev–Trinajstić information content (AvgIpc) is 2.12. The van der Waals surface area contributed by atoms with Gasteiger partial charge in [-0.2, -0.15) is 13.2 Å². The first-order chi connectivity index (χ1) is 8.05. The molecule has 1 aliphatic rings. The highest BCUT2D eigenvalue weighted by molar-refractivity contribution is 6.31. The molecule has 0 aromatic heterocycles. The number of rotatable bonds is 1. The first-order valence-corrected chi connectivity index (χ1v) is 5.46. The highest BCUT2D eigenvalue weighted by Crippen LogP contribution is 2.53. The predicted octanol–water partition coefficient (Wildman–Crippen LogP) is 3.94. The Labute approximate surface area is 105 Å². The Morgan fingerprint density at radius 3 is 2.17 bits per heavy atom. The van der Waals surface area contributed by atoms with E-state index in [-0.39, 0.29) is 5.02 Å². The molecule has 1 saturated carbocycles. The van der Waals surface area contributed by atoms with Gasteiger partial charge in [-0.3, -0.25) is 0 Å². The van der Waals surface area contributed by atoms with Crippen LogP contribution in [-0.2, 0) is 11.7 Å². The van der Waals surface area contributed by atoms with Crippen LogP contribution in [0.2, 0.25) is 5.02 Å². The molecule has 0 unspecified atom stereocenters. The second-order valence-electron chi connectivity index (χ2n) is 4.53. The molecule has 0 saturated heterocycles. The van der Waals surface area contributed by atoms with Crippen molar-refractivity contribution in [1.82, 2.24) is 0 Å². The van der Waals surface area contributed by atoms with Crippen molar-refractivity contribution < 1.29 is 22.0 Å². The van der Waals surface area contributed by atoms with E-state index in [1.54, 1.807) is 0 Å². The lowest BCUT2D eigenvalue weighted by atomic mass is 9.68. The van der Waals surface area contributed by atoms with Gasteiger partial charge in [-0.05, 0) is 12.1 Å². The number of benzene rings is 1. The zero-order valence-corrected chi connectivity index (χ0v) is 9.75. The number of alkyl halides is 5. The Morgan fingerprint density at radius 1 is 1.17 bits per heavy atom. The van der Waals surface area contributed by atoms with Crippen molar-refractivity contribution >= 4 is 11.6 Å². The fraction of sp³-hybridized carbons (Fsp3) is 0.455. The number of halogens is 6. The zero-order valence-electron chi connectivity index (χ0n) is 8.99. The molecule has 1 aliphatic carbocycles. The van der Waals surface area contributed by atoms with E-state index in [9.17, 15) is 22.0 Å². The molecular formula is C11H9ClF5N. The third-order valence-electron chi connectivity index (χ3n) is 2.97. The molecule has 2 rings (SSSR count). The first-order valence-electron chi connectivity index (χ1n) is 5.08. The highest BCUT2D eigenvalue weighted by atomic mass is 35.5. The Hall–Kier alpha value is -0.880. The summed E-state index contributed by atoms with van der Waals surface area (Å²) in [5.74, 6) is -3.03. The van der Waals surface area contributed by atoms with Crippen molar-refractivity contribution in [3.8, 4) is 0 Å². The summed E-state index contributed by atoms with van der Waals surface area (Å²) in [6.07, 6.45) is -6.32. The lowest BCUT2D eigenvalue weighted by Gasteiger charge is -2.46. The number of hydrogen-bond acceptors (Lipinski definition) is 1. The molecule has 7 heteroatoms. The second-order valence-corrected chi connectivity index (χ2v) is 4.93. The molecule has 2 N–H and O–H groups in total. The summed E-state index contributed by atoms with van der Waals surface area (Å²) in [5.41, 5.74) is 2.43. The summed E-state index contributed by atoms with van der Waals surface area (Å²) in [6.45, 7) is 0. The van der Waals surface area contributed by atoms with Crippen molar-refractivity contribution in [2.45, 2.75) is 30.5 Å². The Morgan fingerprint density at radius 2 is 1.72 bits per heavy atom. The van der Waals surface area contributed by atoms with Crippen LogP contribution in [0.4, 0.5) is 22.0 Å². The van der Waals surface area contributed by atoms with Gasteiger partial charge in [0.15, 0.2) is 0 Å². The molecule has 0 aliphatic heterocycles. The van der Waals surface area contributed by atoms with E-state index in [0.29, 0.717) is 0 Å². The molecule has 0 radical (unpaired) electrons. The van der Waals surface area contributed by atoms with Crippen LogP contribution in [0.15, 0.2) is 18.2 Å². The molecular weight excluding hydrogens is 277 g/mol. The van der Waals surface area contributed by atoms with Gasteiger partial charge >= 0.3 is 6.18 Å². The van der Waals surface area contributed by atoms with Gasteiger partial charge in [0.25, 0.3) is 5.92 Å². The van der Waals surface area contributed by atoms with Crippen molar-refractivity contribution in [3.05, 3.63) is 34.3 Å². The lowest BCUT2D eigenvalue weighted by Crippen LogP contribution is -2.56. The fourth-order valence-electron chi connectivity index (χ4n) is 2.31. The molecule has 1 fully saturated rings. The van der Waals surface area contributed by atoms with Gasteiger partial charge in [0.1, 0.15) is 0 Å². The van der Waals surface area contributed by atoms with E-state index < -0.39 is 41.6 Å². The van der Waals surface area contributed by atoms with Crippen LogP contribution in [0.3, 0.4) is 0 Å². The standard InChI is InChI=1S/C11H9ClF5N/c12-7-3-1-2-6(11(15,16)17)8(7)9(18)4-10(13,14)5-9/h1-3H,4-5,18H2. The molecule has 1 nitrogen and oxygen atoms in total. The van der Waals surface area contributed by atoms with E-state index >= 15 is 0 Å². The topological polar surface area (TPSA) is 26.0 Å². The normalized spacial score (nSPS) is 21.5. The largest absolute Gasteiger partial charge is 0.416 e. The molecule has 100 valence electrons. The maximum Gasteiger partial charge on any atom is 0.416 e. The SMILES string of the molecule is NC1(c2c(Cl)cccc2C(F)(F)F)CC(F)(F)C1. The maximum atomic E-state index is 12.9. The molecule has 0 bridgehead atoms. The highest BCUT2D eigenvalue weighted by Gasteiger charge is 2.57. The monoisotopic (exact) mass is 285 g/mol. The molecule has 0 spiro atoms. The molecule has 18 heavy (non-hydrogen) atoms. The van der Waals surface area contributed by atoms with Crippen molar-refractivity contribution in [3.63, 3.8) is 0 Å². The summed E-state index contributed by atoms with van der Waals surface area (Å²) >= 11 is 5.70. The minimum atomic E-state index is -4.67. The molecule has 1 aromatic rings. The zero-order chi connectivity index (χ0) is 13.8. The fourth-order valence-corrected chi connectivity index (χ4v) is 2.68. The van der Waals surface area contributed by atoms with Crippen molar-refractivity contribution in [1.29, 1.82) is 0 Å². The minimum absolute atomic E-state index is 0.233. The van der Waals surface area contributed by atoms with Gasteiger partial charge in [-0.15, -0.1) is 0 Å². The third kappa shape index (κ3) is 2.19. The van der Waals surface area contributed by atoms with E-state index in [1.807, 2.05) is 0 Å². The van der Waals surface area contributed by atoms with E-state index in [0.717, 1.165) is 12.1 Å². The van der Waals surface area contributed by atoms with Crippen LogP contribution in [0.25, 0.3) is 0 Å². The molecule has 0 amide bonds. The summed E-state index contributed by atoms with van der Waals surface area (Å²) in [4.78, 5) is 0. The van der Waals surface area contributed by atoms with E-state index in [1.165, 1.54) is 6.07 Å².